The van der Waals surface area contributed by atoms with E-state index in [4.69, 9.17) is 4.99 Å². The fourth-order valence-electron chi connectivity index (χ4n) is 4.11. The summed E-state index contributed by atoms with van der Waals surface area (Å²) < 4.78 is 0. The molecule has 2 heteroatoms. The van der Waals surface area contributed by atoms with E-state index in [0.717, 1.165) is 23.3 Å². The standard InChI is InChI=1S/C31H45NO/c1-3-4-5-6-7-8-9-10-11-12-13-14-21-26-30(33)27(2)32-31(28-22-17-15-18-23-28)29-24-19-16-20-25-29/h15-27,30,33H,3-14H2,1-2H3/b26-21+/t27-,30-/m0/s1. The highest BCUT2D eigenvalue weighted by Gasteiger charge is 2.13. The molecule has 2 aromatic rings. The van der Waals surface area contributed by atoms with Crippen LogP contribution in [0.3, 0.4) is 0 Å². The van der Waals surface area contributed by atoms with Crippen molar-refractivity contribution >= 4 is 5.71 Å². The molecule has 2 rings (SSSR count). The van der Waals surface area contributed by atoms with Gasteiger partial charge in [0.1, 0.15) is 0 Å². The van der Waals surface area contributed by atoms with Crippen molar-refractivity contribution in [3.63, 3.8) is 0 Å². The van der Waals surface area contributed by atoms with Gasteiger partial charge in [-0.2, -0.15) is 0 Å². The van der Waals surface area contributed by atoms with Gasteiger partial charge in [0.15, 0.2) is 0 Å². The zero-order valence-electron chi connectivity index (χ0n) is 21.0. The van der Waals surface area contributed by atoms with Gasteiger partial charge in [0, 0.05) is 11.1 Å². The largest absolute Gasteiger partial charge is 0.387 e. The predicted molar refractivity (Wildman–Crippen MR) is 144 cm³/mol. The Bertz CT molecular complexity index is 740. The smallest absolute Gasteiger partial charge is 0.0941 e. The summed E-state index contributed by atoms with van der Waals surface area (Å²) >= 11 is 0. The minimum Gasteiger partial charge on any atom is -0.387 e. The molecule has 0 aliphatic heterocycles. The molecule has 2 aromatic carbocycles. The monoisotopic (exact) mass is 447 g/mol. The normalized spacial score (nSPS) is 13.2. The van der Waals surface area contributed by atoms with Crippen molar-refractivity contribution in [2.24, 2.45) is 4.99 Å². The summed E-state index contributed by atoms with van der Waals surface area (Å²) in [5.74, 6) is 0. The Morgan fingerprint density at radius 3 is 1.67 bits per heavy atom. The van der Waals surface area contributed by atoms with Crippen molar-refractivity contribution in [1.82, 2.24) is 0 Å². The van der Waals surface area contributed by atoms with E-state index in [1.54, 1.807) is 0 Å². The minimum atomic E-state index is -0.569. The predicted octanol–water partition coefficient (Wildman–Crippen LogP) is 8.53. The molecule has 1 N–H and O–H groups in total. The van der Waals surface area contributed by atoms with Gasteiger partial charge in [-0.3, -0.25) is 4.99 Å². The first-order valence-electron chi connectivity index (χ1n) is 13.3. The summed E-state index contributed by atoms with van der Waals surface area (Å²) in [7, 11) is 0. The highest BCUT2D eigenvalue weighted by Crippen LogP contribution is 2.15. The Hall–Kier alpha value is -2.19. The molecular weight excluding hydrogens is 402 g/mol. The van der Waals surface area contributed by atoms with E-state index in [9.17, 15) is 5.11 Å². The van der Waals surface area contributed by atoms with Crippen LogP contribution in [-0.2, 0) is 0 Å². The number of aliphatic hydroxyl groups excluding tert-OH is 1. The van der Waals surface area contributed by atoms with Gasteiger partial charge in [-0.15, -0.1) is 0 Å². The number of rotatable bonds is 17. The van der Waals surface area contributed by atoms with E-state index in [2.05, 4.69) is 37.3 Å². The Morgan fingerprint density at radius 1 is 0.727 bits per heavy atom. The lowest BCUT2D eigenvalue weighted by atomic mass is 10.0. The average Bonchev–Trinajstić information content (AvgIpc) is 2.86. The Balaban J connectivity index is 1.71. The number of unbranched alkanes of at least 4 members (excludes halogenated alkanes) is 11. The molecule has 33 heavy (non-hydrogen) atoms. The highest BCUT2D eigenvalue weighted by molar-refractivity contribution is 6.12. The molecule has 0 bridgehead atoms. The number of aliphatic imine (C=N–C) groups is 1. The van der Waals surface area contributed by atoms with Gasteiger partial charge in [-0.05, 0) is 19.8 Å². The Labute approximate surface area is 202 Å². The first-order valence-corrected chi connectivity index (χ1v) is 13.3. The number of allylic oxidation sites excluding steroid dienone is 1. The minimum absolute atomic E-state index is 0.200. The van der Waals surface area contributed by atoms with E-state index in [0.29, 0.717) is 0 Å². The van der Waals surface area contributed by atoms with E-state index in [1.165, 1.54) is 70.6 Å². The van der Waals surface area contributed by atoms with Crippen LogP contribution in [-0.4, -0.2) is 23.0 Å². The topological polar surface area (TPSA) is 32.6 Å². The molecule has 0 saturated heterocycles. The number of hydrogen-bond donors (Lipinski definition) is 1. The molecule has 0 spiro atoms. The first kappa shape index (κ1) is 27.1. The molecule has 0 unspecified atom stereocenters. The fraction of sp³-hybridized carbons (Fsp3) is 0.516. The number of hydrogen-bond acceptors (Lipinski definition) is 2. The summed E-state index contributed by atoms with van der Waals surface area (Å²) in [5.41, 5.74) is 3.09. The van der Waals surface area contributed by atoms with Gasteiger partial charge in [-0.1, -0.05) is 144 Å². The van der Waals surface area contributed by atoms with Crippen LogP contribution in [0.2, 0.25) is 0 Å². The van der Waals surface area contributed by atoms with Crippen molar-refractivity contribution in [2.45, 2.75) is 103 Å². The average molecular weight is 448 g/mol. The van der Waals surface area contributed by atoms with Gasteiger partial charge in [0.05, 0.1) is 17.9 Å². The molecule has 0 fully saturated rings. The molecule has 180 valence electrons. The van der Waals surface area contributed by atoms with Crippen molar-refractivity contribution in [1.29, 1.82) is 0 Å². The van der Waals surface area contributed by atoms with Crippen molar-refractivity contribution in [3.05, 3.63) is 83.9 Å². The number of aliphatic hydroxyl groups is 1. The lowest BCUT2D eigenvalue weighted by Crippen LogP contribution is -2.21. The summed E-state index contributed by atoms with van der Waals surface area (Å²) in [6, 6.07) is 20.3. The van der Waals surface area contributed by atoms with Crippen molar-refractivity contribution in [2.75, 3.05) is 0 Å². The molecule has 0 aliphatic rings. The van der Waals surface area contributed by atoms with Crippen LogP contribution < -0.4 is 0 Å². The van der Waals surface area contributed by atoms with E-state index < -0.39 is 6.10 Å². The van der Waals surface area contributed by atoms with Crippen LogP contribution in [0.15, 0.2) is 77.8 Å². The van der Waals surface area contributed by atoms with Crippen LogP contribution in [0.1, 0.15) is 102 Å². The molecule has 0 saturated carbocycles. The van der Waals surface area contributed by atoms with Crippen LogP contribution in [0.25, 0.3) is 0 Å². The van der Waals surface area contributed by atoms with Crippen LogP contribution >= 0.6 is 0 Å². The van der Waals surface area contributed by atoms with Gasteiger partial charge in [0.2, 0.25) is 0 Å². The molecule has 0 aliphatic carbocycles. The maximum absolute atomic E-state index is 10.6. The van der Waals surface area contributed by atoms with Gasteiger partial charge < -0.3 is 5.11 Å². The molecule has 2 atom stereocenters. The second-order valence-electron chi connectivity index (χ2n) is 9.19. The zero-order chi connectivity index (χ0) is 23.6. The third-order valence-corrected chi connectivity index (χ3v) is 6.23. The summed E-state index contributed by atoms with van der Waals surface area (Å²) in [6.07, 6.45) is 19.5. The van der Waals surface area contributed by atoms with E-state index >= 15 is 0 Å². The molecular formula is C31H45NO. The highest BCUT2D eigenvalue weighted by atomic mass is 16.3. The summed E-state index contributed by atoms with van der Waals surface area (Å²) in [5, 5.41) is 10.6. The molecule has 0 heterocycles. The van der Waals surface area contributed by atoms with Crippen LogP contribution in [0, 0.1) is 0 Å². The maximum Gasteiger partial charge on any atom is 0.0941 e. The fourth-order valence-corrected chi connectivity index (χ4v) is 4.11. The lowest BCUT2D eigenvalue weighted by Gasteiger charge is -2.15. The molecule has 0 aromatic heterocycles. The van der Waals surface area contributed by atoms with Crippen molar-refractivity contribution in [3.8, 4) is 0 Å². The van der Waals surface area contributed by atoms with Crippen molar-refractivity contribution < 1.29 is 5.11 Å². The second-order valence-corrected chi connectivity index (χ2v) is 9.19. The Kier molecular flexibility index (Phi) is 14.2. The Morgan fingerprint density at radius 2 is 1.18 bits per heavy atom. The van der Waals surface area contributed by atoms with Gasteiger partial charge >= 0.3 is 0 Å². The third kappa shape index (κ3) is 11.5. The lowest BCUT2D eigenvalue weighted by molar-refractivity contribution is 0.199. The van der Waals surface area contributed by atoms with E-state index in [1.807, 2.05) is 49.4 Å². The number of nitrogens with zero attached hydrogens (tertiary/aromatic N) is 1. The van der Waals surface area contributed by atoms with E-state index in [-0.39, 0.29) is 6.04 Å². The summed E-state index contributed by atoms with van der Waals surface area (Å²) in [4.78, 5) is 4.91. The van der Waals surface area contributed by atoms with Gasteiger partial charge in [0.25, 0.3) is 0 Å². The zero-order valence-corrected chi connectivity index (χ0v) is 21.0. The number of benzene rings is 2. The van der Waals surface area contributed by atoms with Crippen LogP contribution in [0.5, 0.6) is 0 Å². The SMILES string of the molecule is CCCCCCCCCCCCC/C=C/[C@H](O)[C@H](C)N=C(c1ccccc1)c1ccccc1. The molecule has 2 nitrogen and oxygen atoms in total. The third-order valence-electron chi connectivity index (χ3n) is 6.23. The first-order chi connectivity index (χ1) is 16.2. The van der Waals surface area contributed by atoms with Gasteiger partial charge in [-0.25, -0.2) is 0 Å². The molecule has 0 amide bonds. The second kappa shape index (κ2) is 17.3. The molecule has 0 radical (unpaired) electrons. The quantitative estimate of drug-likeness (QED) is 0.147. The maximum atomic E-state index is 10.6. The summed E-state index contributed by atoms with van der Waals surface area (Å²) in [6.45, 7) is 4.27. The van der Waals surface area contributed by atoms with Crippen LogP contribution in [0.4, 0.5) is 0 Å².